The molecule has 0 aromatic heterocycles. The molecular weight excluding hydrogens is 395 g/mol. The third-order valence-corrected chi connectivity index (χ3v) is 5.74. The van der Waals surface area contributed by atoms with Crippen LogP contribution >= 0.6 is 6.72 Å². The predicted molar refractivity (Wildman–Crippen MR) is 119 cm³/mol. The highest BCUT2D eigenvalue weighted by atomic mass is 32.5. The van der Waals surface area contributed by atoms with Crippen LogP contribution in [0.2, 0.25) is 0 Å². The summed E-state index contributed by atoms with van der Waals surface area (Å²) in [7, 11) is 0. The fourth-order valence-corrected chi connectivity index (χ4v) is 3.85. The highest BCUT2D eigenvalue weighted by Crippen LogP contribution is 2.37. The van der Waals surface area contributed by atoms with E-state index in [4.69, 9.17) is 23.8 Å². The minimum atomic E-state index is -3.60. The van der Waals surface area contributed by atoms with Crippen molar-refractivity contribution in [1.29, 1.82) is 0 Å². The molecule has 0 saturated carbocycles. The lowest BCUT2D eigenvalue weighted by molar-refractivity contribution is -0.0691. The number of ether oxygens (including phenoxy) is 2. The van der Waals surface area contributed by atoms with Gasteiger partial charge in [0.05, 0.1) is 13.2 Å². The molecule has 1 rings (SSSR count). The van der Waals surface area contributed by atoms with Crippen molar-refractivity contribution in [3.63, 3.8) is 0 Å². The number of hydrogen-bond donors (Lipinski definition) is 2. The molecule has 166 valence electrons. The van der Waals surface area contributed by atoms with Crippen LogP contribution in [0.1, 0.15) is 96.8 Å². The molecule has 7 heteroatoms. The molecule has 0 aromatic rings. The van der Waals surface area contributed by atoms with Crippen LogP contribution in [-0.4, -0.2) is 35.4 Å². The summed E-state index contributed by atoms with van der Waals surface area (Å²) < 4.78 is 16.0. The topological polar surface area (TPSA) is 68.2 Å². The summed E-state index contributed by atoms with van der Waals surface area (Å²) in [6, 6.07) is 0. The fraction of sp³-hybridized carbons (Fsp3) is 0.905. The van der Waals surface area contributed by atoms with Crippen LogP contribution in [0.3, 0.4) is 0 Å². The predicted octanol–water partition coefficient (Wildman–Crippen LogP) is 5.99. The zero-order chi connectivity index (χ0) is 20.5. The van der Waals surface area contributed by atoms with Gasteiger partial charge in [0.25, 0.3) is 0 Å². The van der Waals surface area contributed by atoms with Crippen molar-refractivity contribution in [3.05, 3.63) is 12.2 Å². The van der Waals surface area contributed by atoms with E-state index in [0.29, 0.717) is 6.61 Å². The molecule has 0 spiro atoms. The molecule has 2 unspecified atom stereocenters. The van der Waals surface area contributed by atoms with Crippen molar-refractivity contribution in [2.45, 2.75) is 109 Å². The van der Waals surface area contributed by atoms with Gasteiger partial charge >= 0.3 is 6.72 Å². The number of allylic oxidation sites excluding steroid dienone is 2. The highest BCUT2D eigenvalue weighted by Gasteiger charge is 2.27. The Morgan fingerprint density at radius 1 is 0.929 bits per heavy atom. The van der Waals surface area contributed by atoms with E-state index in [1.165, 1.54) is 77.0 Å². The Morgan fingerprint density at radius 2 is 1.50 bits per heavy atom. The summed E-state index contributed by atoms with van der Waals surface area (Å²) in [5.41, 5.74) is 0. The lowest BCUT2D eigenvalue weighted by Crippen LogP contribution is -2.18. The molecule has 5 nitrogen and oxygen atoms in total. The van der Waals surface area contributed by atoms with E-state index in [2.05, 4.69) is 30.9 Å². The van der Waals surface area contributed by atoms with E-state index in [9.17, 15) is 0 Å². The van der Waals surface area contributed by atoms with Gasteiger partial charge in [0.2, 0.25) is 0 Å². The SMILES string of the molecule is CCCCCCCC=CCCCCCCCCC1OCC(COP(O)(O)=S)O1. The molecule has 28 heavy (non-hydrogen) atoms. The highest BCUT2D eigenvalue weighted by molar-refractivity contribution is 8.06. The van der Waals surface area contributed by atoms with Gasteiger partial charge in [-0.1, -0.05) is 70.4 Å². The first-order chi connectivity index (χ1) is 13.5. The van der Waals surface area contributed by atoms with Crippen molar-refractivity contribution >= 4 is 18.5 Å². The smallest absolute Gasteiger partial charge is 0.321 e. The lowest BCUT2D eigenvalue weighted by Gasteiger charge is -2.13. The van der Waals surface area contributed by atoms with Gasteiger partial charge in [-0.3, -0.25) is 0 Å². The molecule has 0 amide bonds. The minimum Gasteiger partial charge on any atom is -0.350 e. The van der Waals surface area contributed by atoms with Crippen LogP contribution in [0.25, 0.3) is 0 Å². The summed E-state index contributed by atoms with van der Waals surface area (Å²) in [5.74, 6) is 0. The second-order valence-electron chi connectivity index (χ2n) is 7.68. The zero-order valence-electron chi connectivity index (χ0n) is 17.6. The van der Waals surface area contributed by atoms with Crippen LogP contribution in [-0.2, 0) is 25.8 Å². The molecule has 0 aliphatic carbocycles. The quantitative estimate of drug-likeness (QED) is 0.156. The number of rotatable bonds is 18. The summed E-state index contributed by atoms with van der Waals surface area (Å²) in [6.45, 7) is -0.838. The van der Waals surface area contributed by atoms with Gasteiger partial charge in [0.15, 0.2) is 6.29 Å². The van der Waals surface area contributed by atoms with Crippen LogP contribution in [0.15, 0.2) is 12.2 Å². The van der Waals surface area contributed by atoms with E-state index < -0.39 is 6.72 Å². The number of unbranched alkanes of at least 4 members (excludes halogenated alkanes) is 11. The van der Waals surface area contributed by atoms with E-state index in [1.807, 2.05) is 0 Å². The van der Waals surface area contributed by atoms with Crippen molar-refractivity contribution in [1.82, 2.24) is 0 Å². The summed E-state index contributed by atoms with van der Waals surface area (Å²) in [6.07, 6.45) is 21.9. The van der Waals surface area contributed by atoms with Crippen molar-refractivity contribution in [2.24, 2.45) is 0 Å². The molecule has 1 heterocycles. The van der Waals surface area contributed by atoms with Gasteiger partial charge in [-0.25, -0.2) is 0 Å². The molecule has 1 aliphatic heterocycles. The molecule has 2 N–H and O–H groups in total. The van der Waals surface area contributed by atoms with E-state index in [0.717, 1.165) is 12.8 Å². The van der Waals surface area contributed by atoms with Crippen molar-refractivity contribution < 1.29 is 23.8 Å². The van der Waals surface area contributed by atoms with Crippen LogP contribution in [0.4, 0.5) is 0 Å². The Kier molecular flexibility index (Phi) is 15.9. The molecule has 2 atom stereocenters. The molecular formula is C21H41O5PS. The third-order valence-electron chi connectivity index (χ3n) is 4.94. The molecule has 0 bridgehead atoms. The Bertz CT molecular complexity index is 441. The zero-order valence-corrected chi connectivity index (χ0v) is 19.3. The van der Waals surface area contributed by atoms with Gasteiger partial charge in [-0.2, -0.15) is 0 Å². The first-order valence-electron chi connectivity index (χ1n) is 11.1. The molecule has 0 radical (unpaired) electrons. The first-order valence-corrected chi connectivity index (χ1v) is 13.8. The second kappa shape index (κ2) is 16.9. The van der Waals surface area contributed by atoms with Gasteiger partial charge in [0, 0.05) is 0 Å². The average Bonchev–Trinajstić information content (AvgIpc) is 3.10. The standard InChI is InChI=1S/C21H41O5PS/c1-2-3-4-5-6-7-8-9-10-11-12-13-14-15-16-17-21-24-18-20(26-21)19-25-27(22,23)28/h8-9,20-21H,2-7,10-19H2,1H3,(H2,22,23,28). The van der Waals surface area contributed by atoms with E-state index in [-0.39, 0.29) is 19.0 Å². The molecule has 1 aliphatic rings. The lowest BCUT2D eigenvalue weighted by atomic mass is 10.1. The Balaban J connectivity index is 1.83. The summed E-state index contributed by atoms with van der Waals surface area (Å²) in [5, 5.41) is 0. The number of hydrogen-bond acceptors (Lipinski definition) is 4. The van der Waals surface area contributed by atoms with Crippen molar-refractivity contribution in [2.75, 3.05) is 13.2 Å². The van der Waals surface area contributed by atoms with Crippen LogP contribution in [0, 0.1) is 0 Å². The maximum Gasteiger partial charge on any atom is 0.321 e. The van der Waals surface area contributed by atoms with Crippen LogP contribution < -0.4 is 0 Å². The van der Waals surface area contributed by atoms with E-state index >= 15 is 0 Å². The van der Waals surface area contributed by atoms with Gasteiger partial charge in [0.1, 0.15) is 6.10 Å². The summed E-state index contributed by atoms with van der Waals surface area (Å²) in [4.78, 5) is 18.1. The maximum absolute atomic E-state index is 9.06. The largest absolute Gasteiger partial charge is 0.350 e. The Morgan fingerprint density at radius 3 is 2.11 bits per heavy atom. The molecule has 0 aromatic carbocycles. The minimum absolute atomic E-state index is 0.0775. The van der Waals surface area contributed by atoms with Gasteiger partial charge in [-0.05, 0) is 50.3 Å². The second-order valence-corrected chi connectivity index (χ2v) is 10.3. The monoisotopic (exact) mass is 436 g/mol. The van der Waals surface area contributed by atoms with Crippen molar-refractivity contribution in [3.8, 4) is 0 Å². The van der Waals surface area contributed by atoms with Crippen LogP contribution in [0.5, 0.6) is 0 Å². The normalized spacial score (nSPS) is 20.4. The molecule has 1 fully saturated rings. The molecule has 1 saturated heterocycles. The van der Waals surface area contributed by atoms with Gasteiger partial charge < -0.3 is 23.8 Å². The summed E-state index contributed by atoms with van der Waals surface area (Å²) >= 11 is 4.42. The Hall–Kier alpha value is 0.190. The maximum atomic E-state index is 9.06. The fourth-order valence-electron chi connectivity index (χ4n) is 3.31. The first kappa shape index (κ1) is 26.2. The Labute approximate surface area is 177 Å². The third kappa shape index (κ3) is 16.0. The van der Waals surface area contributed by atoms with E-state index in [1.54, 1.807) is 0 Å². The van der Waals surface area contributed by atoms with Gasteiger partial charge in [-0.15, -0.1) is 0 Å². The average molecular weight is 437 g/mol.